The summed E-state index contributed by atoms with van der Waals surface area (Å²) in [5.41, 5.74) is 12.2. The molecule has 2 aliphatic heterocycles. The predicted octanol–water partition coefficient (Wildman–Crippen LogP) is 7.53. The van der Waals surface area contributed by atoms with Gasteiger partial charge in [-0.3, -0.25) is 4.79 Å². The number of aromatic carboxylic acids is 1. The molecule has 1 amide bonds. The number of carbonyl (C=O) groups excluding carboxylic acids is 1. The highest BCUT2D eigenvalue weighted by molar-refractivity contribution is 6.30. The second kappa shape index (κ2) is 18.9. The number of aromatic nitrogens is 8. The van der Waals surface area contributed by atoms with E-state index in [2.05, 4.69) is 69.7 Å². The Kier molecular flexibility index (Phi) is 13.3. The van der Waals surface area contributed by atoms with Crippen LogP contribution in [0, 0.1) is 13.8 Å². The van der Waals surface area contributed by atoms with Crippen molar-refractivity contribution in [3.63, 3.8) is 0 Å². The molecule has 320 valence electrons. The monoisotopic (exact) mass is 874 g/mol. The maximum Gasteiger partial charge on any atom is 0.356 e. The average Bonchev–Trinajstić information content (AvgIpc) is 4.10. The van der Waals surface area contributed by atoms with Crippen LogP contribution in [0.3, 0.4) is 0 Å². The van der Waals surface area contributed by atoms with Crippen LogP contribution < -0.4 is 20.9 Å². The molecule has 2 aliphatic rings. The van der Waals surface area contributed by atoms with Crippen LogP contribution >= 0.6 is 23.2 Å². The lowest BCUT2D eigenvalue weighted by atomic mass is 10.2. The number of hydrogen-bond donors (Lipinski definition) is 3. The zero-order valence-corrected chi connectivity index (χ0v) is 35.0. The standard InChI is InChI=1S/C22H21ClN6O.C12H16N4.C10H7ClN2O2.CH4/c1-15-13-27-10-2-3-20(27)21(24-15)28-11-8-17(14-28)25-22(30)19-9-12-29(26-19)18-6-4-16(23)5-7-18;1-9-7-15-5-2-3-11(15)12(14-9)16-6-4-10(13)8-16;11-7-1-3-8(4-2-7)13-6-5-9(12-13)10(14)15;/h2-7,9-10,12-13,17H,8,11,14H2,1H3,(H,25,30);2-3,5,7,10H,4,6,8,13H2,1H3;1-6H,(H,14,15);1H4/t17-;10-;;/m00../s1. The van der Waals surface area contributed by atoms with E-state index in [0.717, 1.165) is 78.9 Å². The molecule has 0 saturated carbocycles. The van der Waals surface area contributed by atoms with E-state index in [-0.39, 0.29) is 31.1 Å². The highest BCUT2D eigenvalue weighted by atomic mass is 35.5. The lowest BCUT2D eigenvalue weighted by Gasteiger charge is -2.19. The van der Waals surface area contributed by atoms with Gasteiger partial charge in [-0.15, -0.1) is 0 Å². The first-order valence-electron chi connectivity index (χ1n) is 19.8. The molecule has 2 atom stereocenters. The normalized spacial score (nSPS) is 15.8. The zero-order chi connectivity index (χ0) is 42.6. The number of nitrogens with zero attached hydrogens (tertiary/aromatic N) is 10. The first kappa shape index (κ1) is 43.4. The first-order chi connectivity index (χ1) is 29.5. The van der Waals surface area contributed by atoms with E-state index in [1.807, 2.05) is 44.4 Å². The molecule has 0 radical (unpaired) electrons. The van der Waals surface area contributed by atoms with Gasteiger partial charge in [0.1, 0.15) is 0 Å². The number of carbonyl (C=O) groups is 2. The number of carboxylic acid groups (broad SMARTS) is 1. The number of fused-ring (bicyclic) bond motifs is 2. The highest BCUT2D eigenvalue weighted by Gasteiger charge is 2.27. The van der Waals surface area contributed by atoms with Crippen molar-refractivity contribution in [2.75, 3.05) is 36.0 Å². The Balaban J connectivity index is 0.000000153. The fraction of sp³-hybridized carbons (Fsp3) is 0.244. The van der Waals surface area contributed by atoms with Crippen LogP contribution in [0.1, 0.15) is 52.6 Å². The summed E-state index contributed by atoms with van der Waals surface area (Å²) < 4.78 is 7.38. The second-order valence-electron chi connectivity index (χ2n) is 15.0. The van der Waals surface area contributed by atoms with E-state index in [1.165, 1.54) is 16.3 Å². The maximum atomic E-state index is 12.7. The van der Waals surface area contributed by atoms with Gasteiger partial charge in [0.25, 0.3) is 5.91 Å². The Labute approximate surface area is 368 Å². The molecule has 6 aromatic heterocycles. The van der Waals surface area contributed by atoms with Gasteiger partial charge in [0.05, 0.1) is 33.8 Å². The molecule has 8 heterocycles. The number of nitrogens with two attached hydrogens (primary N) is 1. The van der Waals surface area contributed by atoms with Gasteiger partial charge in [-0.25, -0.2) is 24.1 Å². The molecule has 8 aromatic rings. The summed E-state index contributed by atoms with van der Waals surface area (Å²) in [7, 11) is 0. The summed E-state index contributed by atoms with van der Waals surface area (Å²) >= 11 is 11.7. The Morgan fingerprint density at radius 2 is 1.16 bits per heavy atom. The molecule has 0 unspecified atom stereocenters. The minimum Gasteiger partial charge on any atom is -0.476 e. The summed E-state index contributed by atoms with van der Waals surface area (Å²) in [5.74, 6) is 0.823. The van der Waals surface area contributed by atoms with Gasteiger partial charge < -0.3 is 34.8 Å². The number of rotatable bonds is 7. The third-order valence-corrected chi connectivity index (χ3v) is 10.9. The summed E-state index contributed by atoms with van der Waals surface area (Å²) in [6.45, 7) is 7.52. The highest BCUT2D eigenvalue weighted by Crippen LogP contribution is 2.26. The van der Waals surface area contributed by atoms with Crippen LogP contribution in [0.15, 0.2) is 122 Å². The van der Waals surface area contributed by atoms with Crippen molar-refractivity contribution in [3.8, 4) is 11.4 Å². The molecule has 10 rings (SSSR count). The van der Waals surface area contributed by atoms with Crippen LogP contribution in [0.2, 0.25) is 10.0 Å². The van der Waals surface area contributed by atoms with Crippen LogP contribution in [0.4, 0.5) is 11.6 Å². The van der Waals surface area contributed by atoms with Gasteiger partial charge in [-0.2, -0.15) is 10.2 Å². The molecular weight excluding hydrogens is 827 g/mol. The fourth-order valence-electron chi connectivity index (χ4n) is 7.43. The van der Waals surface area contributed by atoms with Crippen molar-refractivity contribution in [2.45, 2.75) is 46.2 Å². The van der Waals surface area contributed by atoms with Gasteiger partial charge in [-0.05, 0) is 112 Å². The van der Waals surface area contributed by atoms with Crippen molar-refractivity contribution in [3.05, 3.63) is 155 Å². The van der Waals surface area contributed by atoms with Crippen LogP contribution in [-0.4, -0.2) is 93.6 Å². The summed E-state index contributed by atoms with van der Waals surface area (Å²) in [6, 6.07) is 26.0. The Bertz CT molecular complexity index is 2790. The van der Waals surface area contributed by atoms with Crippen molar-refractivity contribution in [1.82, 2.24) is 43.6 Å². The number of amides is 1. The molecule has 2 fully saturated rings. The van der Waals surface area contributed by atoms with Crippen LogP contribution in [0.25, 0.3) is 22.4 Å². The van der Waals surface area contributed by atoms with Gasteiger partial charge in [0.15, 0.2) is 23.0 Å². The molecule has 0 bridgehead atoms. The molecule has 62 heavy (non-hydrogen) atoms. The predicted molar refractivity (Wildman–Crippen MR) is 244 cm³/mol. The number of carboxylic acids is 1. The lowest BCUT2D eigenvalue weighted by Crippen LogP contribution is -2.37. The first-order valence-corrected chi connectivity index (χ1v) is 20.5. The Morgan fingerprint density at radius 1 is 0.677 bits per heavy atom. The molecular formula is C45H48Cl2N12O3. The van der Waals surface area contributed by atoms with Crippen LogP contribution in [0.5, 0.6) is 0 Å². The summed E-state index contributed by atoms with van der Waals surface area (Å²) in [5, 5.41) is 21.4. The SMILES string of the molecule is C.Cc1cn2cccc2c(N2CC[C@H](N)C2)n1.Cc1cn2cccc2c(N2CC[C@H](NC(=O)c3ccn(-c4ccc(Cl)cc4)n3)C2)n1.O=C(O)c1ccn(-c2ccc(Cl)cc2)n1. The van der Waals surface area contributed by atoms with E-state index in [9.17, 15) is 9.59 Å². The largest absolute Gasteiger partial charge is 0.476 e. The van der Waals surface area contributed by atoms with Crippen molar-refractivity contribution >= 4 is 57.7 Å². The third-order valence-electron chi connectivity index (χ3n) is 10.4. The second-order valence-corrected chi connectivity index (χ2v) is 15.8. The maximum absolute atomic E-state index is 12.7. The smallest absolute Gasteiger partial charge is 0.356 e. The van der Waals surface area contributed by atoms with Crippen molar-refractivity contribution < 1.29 is 14.7 Å². The number of benzene rings is 2. The van der Waals surface area contributed by atoms with E-state index < -0.39 is 5.97 Å². The van der Waals surface area contributed by atoms with Gasteiger partial charge in [0.2, 0.25) is 0 Å². The summed E-state index contributed by atoms with van der Waals surface area (Å²) in [4.78, 5) is 37.2. The topological polar surface area (TPSA) is 169 Å². The quantitative estimate of drug-likeness (QED) is 0.146. The molecule has 0 aliphatic carbocycles. The van der Waals surface area contributed by atoms with Crippen LogP contribution in [-0.2, 0) is 0 Å². The molecule has 2 aromatic carbocycles. The fourth-order valence-corrected chi connectivity index (χ4v) is 7.69. The zero-order valence-electron chi connectivity index (χ0n) is 33.5. The number of anilines is 2. The Morgan fingerprint density at radius 3 is 1.65 bits per heavy atom. The lowest BCUT2D eigenvalue weighted by molar-refractivity contribution is 0.0689. The molecule has 0 spiro atoms. The average molecular weight is 876 g/mol. The Hall–Kier alpha value is -6.68. The van der Waals surface area contributed by atoms with Gasteiger partial charge in [0, 0.05) is 85.5 Å². The molecule has 4 N–H and O–H groups in total. The summed E-state index contributed by atoms with van der Waals surface area (Å²) in [6.07, 6.45) is 13.4. The van der Waals surface area contributed by atoms with Gasteiger partial charge >= 0.3 is 5.97 Å². The number of halogens is 2. The minimum atomic E-state index is -1.04. The van der Waals surface area contributed by atoms with E-state index in [4.69, 9.17) is 39.0 Å². The van der Waals surface area contributed by atoms with E-state index in [1.54, 1.807) is 59.5 Å². The van der Waals surface area contributed by atoms with E-state index in [0.29, 0.717) is 15.7 Å². The van der Waals surface area contributed by atoms with Crippen molar-refractivity contribution in [2.24, 2.45) is 5.73 Å². The molecule has 2 saturated heterocycles. The third kappa shape index (κ3) is 9.92. The van der Waals surface area contributed by atoms with E-state index >= 15 is 0 Å². The molecule has 15 nitrogen and oxygen atoms in total. The number of hydrogen-bond acceptors (Lipinski definition) is 9. The van der Waals surface area contributed by atoms with Gasteiger partial charge in [-0.1, -0.05) is 30.6 Å². The molecule has 17 heteroatoms. The number of aryl methyl sites for hydroxylation is 2. The minimum absolute atomic E-state index is 0. The van der Waals surface area contributed by atoms with Crippen molar-refractivity contribution in [1.29, 1.82) is 0 Å². The number of nitrogens with one attached hydrogen (secondary N) is 1.